The second-order valence-corrected chi connectivity index (χ2v) is 8.54. The lowest BCUT2D eigenvalue weighted by Gasteiger charge is -2.01. The molecule has 0 saturated carbocycles. The molecule has 0 saturated heterocycles. The zero-order valence-electron chi connectivity index (χ0n) is 16.2. The van der Waals surface area contributed by atoms with Crippen LogP contribution in [0.4, 0.5) is 9.52 Å². The van der Waals surface area contributed by atoms with Crippen molar-refractivity contribution in [1.82, 2.24) is 9.55 Å². The molecule has 1 aliphatic heterocycles. The van der Waals surface area contributed by atoms with Gasteiger partial charge in [-0.25, -0.2) is 14.4 Å². The average molecular weight is 451 g/mol. The molecule has 0 spiro atoms. The van der Waals surface area contributed by atoms with Crippen molar-refractivity contribution >= 4 is 39.3 Å². The van der Waals surface area contributed by atoms with E-state index in [4.69, 9.17) is 0 Å². The quantitative estimate of drug-likeness (QED) is 0.519. The van der Waals surface area contributed by atoms with Crippen molar-refractivity contribution in [3.63, 3.8) is 0 Å². The number of thiazole rings is 2. The Kier molecular flexibility index (Phi) is 4.84. The Balaban J connectivity index is 1.66. The van der Waals surface area contributed by atoms with Gasteiger partial charge in [-0.3, -0.25) is 9.36 Å². The van der Waals surface area contributed by atoms with E-state index in [-0.39, 0.29) is 11.5 Å². The molecular formula is C22H15FN4O2S2. The SMILES string of the molecule is CCn1c(O)c(C2=c3cc(F)ccc3=NC2=O)s/c1=N/c1nc(-c2ccccc2)cs1. The molecule has 0 atom stereocenters. The Morgan fingerprint density at radius 3 is 2.77 bits per heavy atom. The minimum absolute atomic E-state index is 0.0956. The Morgan fingerprint density at radius 2 is 2.00 bits per heavy atom. The molecule has 4 aromatic rings. The number of carbonyl (C=O) groups excluding carboxylic acids is 1. The molecule has 0 radical (unpaired) electrons. The summed E-state index contributed by atoms with van der Waals surface area (Å²) in [5.74, 6) is -1.07. The summed E-state index contributed by atoms with van der Waals surface area (Å²) in [7, 11) is 0. The molecule has 3 heterocycles. The van der Waals surface area contributed by atoms with Crippen LogP contribution in [0.25, 0.3) is 16.8 Å². The van der Waals surface area contributed by atoms with Crippen LogP contribution in [0.1, 0.15) is 11.8 Å². The van der Waals surface area contributed by atoms with Gasteiger partial charge in [-0.1, -0.05) is 41.7 Å². The fourth-order valence-electron chi connectivity index (χ4n) is 3.38. The minimum atomic E-state index is -0.507. The van der Waals surface area contributed by atoms with E-state index in [1.165, 1.54) is 29.5 Å². The van der Waals surface area contributed by atoms with Gasteiger partial charge in [-0.2, -0.15) is 4.99 Å². The number of aromatic hydroxyl groups is 1. The van der Waals surface area contributed by atoms with Gasteiger partial charge in [-0.15, -0.1) is 11.3 Å². The summed E-state index contributed by atoms with van der Waals surface area (Å²) in [6.45, 7) is 2.30. The van der Waals surface area contributed by atoms with Gasteiger partial charge in [0.05, 0.1) is 16.6 Å². The van der Waals surface area contributed by atoms with E-state index >= 15 is 0 Å². The lowest BCUT2D eigenvalue weighted by molar-refractivity contribution is -0.112. The van der Waals surface area contributed by atoms with Crippen LogP contribution in [0.3, 0.4) is 0 Å². The van der Waals surface area contributed by atoms with E-state index in [1.54, 1.807) is 4.57 Å². The van der Waals surface area contributed by atoms with Crippen molar-refractivity contribution in [3.8, 4) is 17.1 Å². The van der Waals surface area contributed by atoms with Gasteiger partial charge in [0.15, 0.2) is 4.80 Å². The first kappa shape index (κ1) is 19.5. The Hall–Kier alpha value is -3.43. The Labute approximate surface area is 183 Å². The molecule has 0 unspecified atom stereocenters. The number of fused-ring (bicyclic) bond motifs is 1. The third-order valence-electron chi connectivity index (χ3n) is 4.84. The highest BCUT2D eigenvalue weighted by Gasteiger charge is 2.25. The summed E-state index contributed by atoms with van der Waals surface area (Å²) in [6.07, 6.45) is 0. The average Bonchev–Trinajstić information content (AvgIpc) is 3.44. The summed E-state index contributed by atoms with van der Waals surface area (Å²) in [5.41, 5.74) is 1.99. The van der Waals surface area contributed by atoms with Gasteiger partial charge >= 0.3 is 0 Å². The van der Waals surface area contributed by atoms with Gasteiger partial charge < -0.3 is 5.11 Å². The lowest BCUT2D eigenvalue weighted by atomic mass is 10.1. The molecule has 0 bridgehead atoms. The smallest absolute Gasteiger partial charge is 0.279 e. The van der Waals surface area contributed by atoms with Gasteiger partial charge in [0, 0.05) is 22.7 Å². The van der Waals surface area contributed by atoms with Crippen LogP contribution in [0.15, 0.2) is 63.9 Å². The molecule has 154 valence electrons. The Morgan fingerprint density at radius 1 is 1.19 bits per heavy atom. The van der Waals surface area contributed by atoms with Crippen LogP contribution in [-0.2, 0) is 11.3 Å². The van der Waals surface area contributed by atoms with Crippen LogP contribution in [0.2, 0.25) is 0 Å². The second kappa shape index (κ2) is 7.68. The topological polar surface area (TPSA) is 79.8 Å². The first-order valence-electron chi connectivity index (χ1n) is 9.46. The van der Waals surface area contributed by atoms with Crippen LogP contribution >= 0.6 is 22.7 Å². The van der Waals surface area contributed by atoms with Crippen molar-refractivity contribution in [2.45, 2.75) is 13.5 Å². The van der Waals surface area contributed by atoms with E-state index in [0.29, 0.717) is 31.9 Å². The largest absolute Gasteiger partial charge is 0.493 e. The number of amides is 1. The molecule has 1 aliphatic rings. The predicted octanol–water partition coefficient (Wildman–Crippen LogP) is 3.13. The van der Waals surface area contributed by atoms with Crippen molar-refractivity contribution in [2.75, 3.05) is 0 Å². The predicted molar refractivity (Wildman–Crippen MR) is 117 cm³/mol. The van der Waals surface area contributed by atoms with Crippen LogP contribution in [-0.4, -0.2) is 20.6 Å². The van der Waals surface area contributed by atoms with Crippen molar-refractivity contribution in [3.05, 3.63) is 80.0 Å². The highest BCUT2D eigenvalue weighted by molar-refractivity contribution is 7.14. The summed E-state index contributed by atoms with van der Waals surface area (Å²) in [5, 5.41) is 14.1. The van der Waals surface area contributed by atoms with Gasteiger partial charge in [0.2, 0.25) is 11.0 Å². The highest BCUT2D eigenvalue weighted by Crippen LogP contribution is 2.30. The molecule has 0 aliphatic carbocycles. The fourth-order valence-corrected chi connectivity index (χ4v) is 5.28. The van der Waals surface area contributed by atoms with Crippen LogP contribution < -0.4 is 15.4 Å². The van der Waals surface area contributed by atoms with Gasteiger partial charge in [0.1, 0.15) is 10.7 Å². The molecule has 9 heteroatoms. The molecule has 2 aromatic carbocycles. The molecule has 6 nitrogen and oxygen atoms in total. The van der Waals surface area contributed by atoms with Crippen molar-refractivity contribution < 1.29 is 14.3 Å². The van der Waals surface area contributed by atoms with Gasteiger partial charge in [-0.05, 0) is 25.1 Å². The van der Waals surface area contributed by atoms with Gasteiger partial charge in [0.25, 0.3) is 5.91 Å². The van der Waals surface area contributed by atoms with E-state index < -0.39 is 11.7 Å². The first-order valence-corrected chi connectivity index (χ1v) is 11.2. The second-order valence-electron chi connectivity index (χ2n) is 6.73. The molecular weight excluding hydrogens is 435 g/mol. The summed E-state index contributed by atoms with van der Waals surface area (Å²) in [4.78, 5) is 26.5. The molecule has 5 rings (SSSR count). The number of nitrogens with zero attached hydrogens (tertiary/aromatic N) is 4. The Bertz CT molecular complexity index is 1520. The number of hydrogen-bond acceptors (Lipinski definition) is 6. The van der Waals surface area contributed by atoms with Crippen LogP contribution in [0, 0.1) is 5.82 Å². The van der Waals surface area contributed by atoms with Crippen molar-refractivity contribution in [1.29, 1.82) is 0 Å². The molecule has 31 heavy (non-hydrogen) atoms. The number of rotatable bonds is 4. The standard InChI is InChI=1S/C22H15FN4O2S2/c1-2-27-20(29)18(17-14-10-13(23)8-9-15(14)24-19(17)28)31-22(27)26-21-25-16(11-30-21)12-6-4-3-5-7-12/h3-11,29H,2H2,1H3/b26-22+. The molecule has 0 fully saturated rings. The normalized spacial score (nSPS) is 13.5. The number of benzene rings is 2. The fraction of sp³-hybridized carbons (Fsp3) is 0.0909. The van der Waals surface area contributed by atoms with Crippen molar-refractivity contribution in [2.24, 2.45) is 9.98 Å². The maximum atomic E-state index is 13.8. The molecule has 1 amide bonds. The van der Waals surface area contributed by atoms with E-state index in [9.17, 15) is 14.3 Å². The van der Waals surface area contributed by atoms with E-state index in [0.717, 1.165) is 22.6 Å². The third-order valence-corrected chi connectivity index (χ3v) is 6.66. The third kappa shape index (κ3) is 3.41. The first-order chi connectivity index (χ1) is 15.0. The summed E-state index contributed by atoms with van der Waals surface area (Å²) in [6, 6.07) is 13.8. The lowest BCUT2D eigenvalue weighted by Crippen LogP contribution is -2.23. The zero-order chi connectivity index (χ0) is 21.5. The maximum absolute atomic E-state index is 13.8. The number of aromatic nitrogens is 2. The highest BCUT2D eigenvalue weighted by atomic mass is 32.1. The summed E-state index contributed by atoms with van der Waals surface area (Å²) < 4.78 is 15.4. The zero-order valence-corrected chi connectivity index (χ0v) is 17.9. The number of halogens is 1. The van der Waals surface area contributed by atoms with E-state index in [2.05, 4.69) is 15.0 Å². The monoisotopic (exact) mass is 450 g/mol. The number of hydrogen-bond donors (Lipinski definition) is 1. The van der Waals surface area contributed by atoms with Crippen LogP contribution in [0.5, 0.6) is 5.88 Å². The summed E-state index contributed by atoms with van der Waals surface area (Å²) >= 11 is 2.54. The number of carbonyl (C=O) groups is 1. The molecule has 2 aromatic heterocycles. The maximum Gasteiger partial charge on any atom is 0.279 e. The van der Waals surface area contributed by atoms with E-state index in [1.807, 2.05) is 42.6 Å². The minimum Gasteiger partial charge on any atom is -0.493 e. The molecule has 1 N–H and O–H groups in total.